The van der Waals surface area contributed by atoms with E-state index in [9.17, 15) is 10.1 Å². The summed E-state index contributed by atoms with van der Waals surface area (Å²) in [7, 11) is 0. The Morgan fingerprint density at radius 2 is 2.06 bits per heavy atom. The summed E-state index contributed by atoms with van der Waals surface area (Å²) >= 11 is 0. The third kappa shape index (κ3) is 3.78. The topological polar surface area (TPSA) is 98.8 Å². The van der Waals surface area contributed by atoms with E-state index in [1.807, 2.05) is 35.4 Å². The molecule has 32 heavy (non-hydrogen) atoms. The van der Waals surface area contributed by atoms with Crippen LogP contribution in [-0.2, 0) is 10.2 Å². The van der Waals surface area contributed by atoms with Gasteiger partial charge in [0.25, 0.3) is 0 Å². The fraction of sp³-hybridized carbons (Fsp3) is 0.423. The number of H-pyrrole nitrogens is 1. The molecule has 2 unspecified atom stereocenters. The maximum Gasteiger partial charge on any atom is 0.249 e. The van der Waals surface area contributed by atoms with Gasteiger partial charge >= 0.3 is 0 Å². The molecular weight excluding hydrogens is 398 g/mol. The third-order valence-electron chi connectivity index (χ3n) is 6.97. The van der Waals surface area contributed by atoms with Gasteiger partial charge in [0.1, 0.15) is 5.41 Å². The van der Waals surface area contributed by atoms with Gasteiger partial charge in [0.05, 0.1) is 18.0 Å². The van der Waals surface area contributed by atoms with Crippen molar-refractivity contribution in [3.63, 3.8) is 0 Å². The molecule has 6 heteroatoms. The molecule has 0 bridgehead atoms. The van der Waals surface area contributed by atoms with E-state index < -0.39 is 5.41 Å². The summed E-state index contributed by atoms with van der Waals surface area (Å²) in [6, 6.07) is 10.9. The van der Waals surface area contributed by atoms with Crippen LogP contribution in [0.15, 0.2) is 54.3 Å². The molecule has 5 rings (SSSR count). The van der Waals surface area contributed by atoms with Crippen molar-refractivity contribution < 1.29 is 4.79 Å². The average Bonchev–Trinajstić information content (AvgIpc) is 3.60. The summed E-state index contributed by atoms with van der Waals surface area (Å²) < 4.78 is 0. The minimum Gasteiger partial charge on any atom is -0.337 e. The minimum absolute atomic E-state index is 0.00855. The number of likely N-dealkylation sites (tertiary alicyclic amines) is 1. The van der Waals surface area contributed by atoms with Crippen molar-refractivity contribution in [2.24, 2.45) is 5.73 Å². The second kappa shape index (κ2) is 8.40. The normalized spacial score (nSPS) is 25.7. The summed E-state index contributed by atoms with van der Waals surface area (Å²) in [4.78, 5) is 15.2. The van der Waals surface area contributed by atoms with E-state index in [2.05, 4.69) is 34.5 Å². The van der Waals surface area contributed by atoms with E-state index in [0.717, 1.165) is 42.6 Å². The van der Waals surface area contributed by atoms with Crippen LogP contribution in [0.1, 0.15) is 55.7 Å². The molecule has 164 valence electrons. The van der Waals surface area contributed by atoms with Gasteiger partial charge in [-0.25, -0.2) is 0 Å². The zero-order valence-electron chi connectivity index (χ0n) is 18.3. The van der Waals surface area contributed by atoms with Crippen molar-refractivity contribution in [2.75, 3.05) is 13.1 Å². The summed E-state index contributed by atoms with van der Waals surface area (Å²) in [5.41, 5.74) is 10.0. The van der Waals surface area contributed by atoms with Crippen LogP contribution in [-0.4, -0.2) is 40.1 Å². The standard InChI is InChI=1S/C26H29N5O/c27-17-26(12-5-6-19(14-26)25(32)31-13-4-3-7-20(28)16-31)24-23(15-29-30-24)22-9-2-1-8-21(22)18-10-11-18/h1-2,5-6,8-9,12,15,18,20H,3-4,7,10-11,13-14,16,28H2,(H,29,30). The number of nitriles is 1. The van der Waals surface area contributed by atoms with Crippen molar-refractivity contribution in [1.82, 2.24) is 15.1 Å². The predicted octanol–water partition coefficient (Wildman–Crippen LogP) is 3.94. The number of nitrogens with two attached hydrogens (primary N) is 1. The number of amides is 1. The Morgan fingerprint density at radius 3 is 2.88 bits per heavy atom. The number of allylic oxidation sites excluding steroid dienone is 3. The van der Waals surface area contributed by atoms with E-state index >= 15 is 0 Å². The zero-order chi connectivity index (χ0) is 22.1. The fourth-order valence-electron chi connectivity index (χ4n) is 5.08. The molecule has 2 aromatic rings. The number of aromatic amines is 1. The second-order valence-corrected chi connectivity index (χ2v) is 9.34. The molecule has 1 aromatic carbocycles. The van der Waals surface area contributed by atoms with Gasteiger partial charge in [-0.3, -0.25) is 9.89 Å². The molecule has 1 aromatic heterocycles. The number of nitrogens with zero attached hydrogens (tertiary/aromatic N) is 3. The van der Waals surface area contributed by atoms with Crippen LogP contribution in [0.25, 0.3) is 11.1 Å². The number of benzene rings is 1. The number of hydrogen-bond donors (Lipinski definition) is 2. The van der Waals surface area contributed by atoms with E-state index in [1.54, 1.807) is 0 Å². The van der Waals surface area contributed by atoms with Crippen LogP contribution < -0.4 is 5.73 Å². The van der Waals surface area contributed by atoms with Gasteiger partial charge in [-0.15, -0.1) is 0 Å². The molecule has 1 saturated heterocycles. The molecule has 2 aliphatic carbocycles. The van der Waals surface area contributed by atoms with Gasteiger partial charge < -0.3 is 10.6 Å². The molecule has 3 N–H and O–H groups in total. The lowest BCUT2D eigenvalue weighted by Crippen LogP contribution is -2.41. The van der Waals surface area contributed by atoms with Gasteiger partial charge in [-0.05, 0) is 42.7 Å². The number of carbonyl (C=O) groups excluding carboxylic acids is 1. The van der Waals surface area contributed by atoms with Crippen molar-refractivity contribution in [3.05, 3.63) is 65.5 Å². The molecule has 2 fully saturated rings. The lowest BCUT2D eigenvalue weighted by atomic mass is 9.74. The highest BCUT2D eigenvalue weighted by molar-refractivity contribution is 5.94. The van der Waals surface area contributed by atoms with E-state index in [1.165, 1.54) is 18.4 Å². The van der Waals surface area contributed by atoms with Crippen LogP contribution in [0.3, 0.4) is 0 Å². The highest BCUT2D eigenvalue weighted by Crippen LogP contribution is 2.47. The lowest BCUT2D eigenvalue weighted by molar-refractivity contribution is -0.127. The predicted molar refractivity (Wildman–Crippen MR) is 124 cm³/mol. The summed E-state index contributed by atoms with van der Waals surface area (Å²) in [6.07, 6.45) is 13.1. The summed E-state index contributed by atoms with van der Waals surface area (Å²) in [5, 5.41) is 17.8. The molecule has 1 aliphatic heterocycles. The third-order valence-corrected chi connectivity index (χ3v) is 6.97. The smallest absolute Gasteiger partial charge is 0.249 e. The van der Waals surface area contributed by atoms with E-state index in [0.29, 0.717) is 24.5 Å². The maximum atomic E-state index is 13.4. The number of rotatable bonds is 4. The molecule has 0 spiro atoms. The minimum atomic E-state index is -0.962. The molecular formula is C26H29N5O. The Balaban J connectivity index is 1.47. The Bertz CT molecular complexity index is 1120. The molecule has 2 atom stereocenters. The Kier molecular flexibility index (Phi) is 5.44. The van der Waals surface area contributed by atoms with Crippen LogP contribution in [0.2, 0.25) is 0 Å². The number of hydrogen-bond acceptors (Lipinski definition) is 4. The van der Waals surface area contributed by atoms with Crippen molar-refractivity contribution in [3.8, 4) is 17.2 Å². The van der Waals surface area contributed by atoms with Gasteiger partial charge in [0.15, 0.2) is 0 Å². The van der Waals surface area contributed by atoms with Crippen molar-refractivity contribution in [1.29, 1.82) is 5.26 Å². The van der Waals surface area contributed by atoms with Crippen LogP contribution in [0.4, 0.5) is 0 Å². The number of carbonyl (C=O) groups is 1. The van der Waals surface area contributed by atoms with E-state index in [-0.39, 0.29) is 11.9 Å². The van der Waals surface area contributed by atoms with Crippen molar-refractivity contribution >= 4 is 5.91 Å². The molecule has 2 heterocycles. The summed E-state index contributed by atoms with van der Waals surface area (Å²) in [6.45, 7) is 1.29. The Hall–Kier alpha value is -3.17. The number of aromatic nitrogens is 2. The monoisotopic (exact) mass is 427 g/mol. The van der Waals surface area contributed by atoms with Crippen molar-refractivity contribution in [2.45, 2.75) is 55.9 Å². The zero-order valence-corrected chi connectivity index (χ0v) is 18.3. The Morgan fingerprint density at radius 1 is 1.22 bits per heavy atom. The molecule has 0 radical (unpaired) electrons. The summed E-state index contributed by atoms with van der Waals surface area (Å²) in [5.74, 6) is 0.573. The molecule has 1 amide bonds. The first-order valence-electron chi connectivity index (χ1n) is 11.6. The highest BCUT2D eigenvalue weighted by atomic mass is 16.2. The first kappa shape index (κ1) is 20.7. The first-order chi connectivity index (χ1) is 15.6. The first-order valence-corrected chi connectivity index (χ1v) is 11.6. The average molecular weight is 428 g/mol. The fourth-order valence-corrected chi connectivity index (χ4v) is 5.08. The maximum absolute atomic E-state index is 13.4. The lowest BCUT2D eigenvalue weighted by Gasteiger charge is -2.30. The quantitative estimate of drug-likeness (QED) is 0.772. The van der Waals surface area contributed by atoms with Gasteiger partial charge in [-0.2, -0.15) is 10.4 Å². The van der Waals surface area contributed by atoms with Crippen LogP contribution in [0, 0.1) is 11.3 Å². The second-order valence-electron chi connectivity index (χ2n) is 9.34. The molecule has 1 saturated carbocycles. The SMILES string of the molecule is N#CC1(c2[nH]ncc2-c2ccccc2C2CC2)C=CC=C(C(=O)N2CCCCC(N)C2)C1. The van der Waals surface area contributed by atoms with Crippen LogP contribution in [0.5, 0.6) is 0 Å². The number of nitrogens with one attached hydrogen (secondary N) is 1. The largest absolute Gasteiger partial charge is 0.337 e. The highest BCUT2D eigenvalue weighted by Gasteiger charge is 2.39. The van der Waals surface area contributed by atoms with E-state index in [4.69, 9.17) is 5.73 Å². The van der Waals surface area contributed by atoms with Gasteiger partial charge in [-0.1, -0.05) is 48.9 Å². The Labute approximate surface area is 188 Å². The molecule has 6 nitrogen and oxygen atoms in total. The van der Waals surface area contributed by atoms with Crippen LogP contribution >= 0.6 is 0 Å². The van der Waals surface area contributed by atoms with Gasteiger partial charge in [0.2, 0.25) is 5.91 Å². The van der Waals surface area contributed by atoms with Gasteiger partial charge in [0, 0.05) is 36.7 Å². The molecule has 3 aliphatic rings.